The van der Waals surface area contributed by atoms with E-state index in [1.54, 1.807) is 17.8 Å². The van der Waals surface area contributed by atoms with Gasteiger partial charge in [-0.1, -0.05) is 138 Å². The van der Waals surface area contributed by atoms with Crippen LogP contribution in [0.1, 0.15) is 45.7 Å². The first-order valence-corrected chi connectivity index (χ1v) is 17.4. The fourth-order valence-corrected chi connectivity index (χ4v) is 7.09. The lowest BCUT2D eigenvalue weighted by atomic mass is 9.79. The highest BCUT2D eigenvalue weighted by atomic mass is 35.5. The van der Waals surface area contributed by atoms with E-state index in [2.05, 4.69) is 29.6 Å². The van der Waals surface area contributed by atoms with Crippen LogP contribution in [-0.2, 0) is 19.9 Å². The fourth-order valence-electron chi connectivity index (χ4n) is 6.35. The molecule has 0 aromatic heterocycles. The van der Waals surface area contributed by atoms with Gasteiger partial charge >= 0.3 is 12.1 Å². The number of nitrogens with one attached hydrogen (secondary N) is 1. The van der Waals surface area contributed by atoms with Crippen molar-refractivity contribution in [3.8, 4) is 11.1 Å². The van der Waals surface area contributed by atoms with E-state index in [9.17, 15) is 9.59 Å². The van der Waals surface area contributed by atoms with Crippen LogP contribution in [0.2, 0.25) is 5.02 Å². The molecule has 5 nitrogen and oxygen atoms in total. The standard InChI is InChI=1S/C40H36ClNO4S/c1-27-20-22-29(23-21-27)40(28-12-4-3-5-13-28,35-18-10-11-19-36(35)41)46-38(43)37(24-25-47-2)42-39(44)45-26-34-32-16-8-6-14-30(32)31-15-7-9-17-33(31)34/h3-23,34,37H,24-26H2,1-2H3,(H,42,44)/t37-,40?/m0/s1. The average molecular weight is 662 g/mol. The van der Waals surface area contributed by atoms with Crippen LogP contribution in [0.5, 0.6) is 0 Å². The van der Waals surface area contributed by atoms with Crippen LogP contribution < -0.4 is 5.32 Å². The third-order valence-electron chi connectivity index (χ3n) is 8.68. The number of rotatable bonds is 11. The third kappa shape index (κ3) is 6.67. The molecule has 238 valence electrons. The summed E-state index contributed by atoms with van der Waals surface area (Å²) in [6.07, 6.45) is 1.64. The summed E-state index contributed by atoms with van der Waals surface area (Å²) < 4.78 is 12.5. The van der Waals surface area contributed by atoms with Gasteiger partial charge in [-0.05, 0) is 53.7 Å². The summed E-state index contributed by atoms with van der Waals surface area (Å²) in [4.78, 5) is 27.7. The fraction of sp³-hybridized carbons (Fsp3) is 0.200. The summed E-state index contributed by atoms with van der Waals surface area (Å²) in [6.45, 7) is 2.15. The van der Waals surface area contributed by atoms with Crippen molar-refractivity contribution in [3.05, 3.63) is 166 Å². The Morgan fingerprint density at radius 3 is 2.00 bits per heavy atom. The predicted octanol–water partition coefficient (Wildman–Crippen LogP) is 9.14. The van der Waals surface area contributed by atoms with Crippen molar-refractivity contribution in [2.75, 3.05) is 18.6 Å². The Balaban J connectivity index is 1.30. The number of aryl methyl sites for hydroxylation is 1. The van der Waals surface area contributed by atoms with Gasteiger partial charge in [-0.3, -0.25) is 0 Å². The van der Waals surface area contributed by atoms with E-state index in [1.807, 2.05) is 110 Å². The maximum Gasteiger partial charge on any atom is 0.407 e. The van der Waals surface area contributed by atoms with Crippen molar-refractivity contribution >= 4 is 35.4 Å². The van der Waals surface area contributed by atoms with Gasteiger partial charge in [0.1, 0.15) is 12.6 Å². The molecule has 0 fully saturated rings. The second-order valence-electron chi connectivity index (χ2n) is 11.6. The van der Waals surface area contributed by atoms with Gasteiger partial charge in [0.2, 0.25) is 0 Å². The van der Waals surface area contributed by atoms with Gasteiger partial charge < -0.3 is 14.8 Å². The molecule has 0 aliphatic heterocycles. The second-order valence-corrected chi connectivity index (χ2v) is 13.0. The van der Waals surface area contributed by atoms with E-state index in [1.165, 1.54) is 0 Å². The molecular weight excluding hydrogens is 626 g/mol. The minimum absolute atomic E-state index is 0.0998. The number of esters is 1. The van der Waals surface area contributed by atoms with Crippen LogP contribution >= 0.6 is 23.4 Å². The zero-order valence-corrected chi connectivity index (χ0v) is 27.9. The monoisotopic (exact) mass is 661 g/mol. The van der Waals surface area contributed by atoms with E-state index in [0.29, 0.717) is 22.8 Å². The van der Waals surface area contributed by atoms with Gasteiger partial charge in [0, 0.05) is 27.6 Å². The number of amides is 1. The highest BCUT2D eigenvalue weighted by Gasteiger charge is 2.43. The highest BCUT2D eigenvalue weighted by Crippen LogP contribution is 2.45. The molecule has 7 heteroatoms. The molecule has 0 radical (unpaired) electrons. The number of hydrogen-bond donors (Lipinski definition) is 1. The van der Waals surface area contributed by atoms with Crippen molar-refractivity contribution in [3.63, 3.8) is 0 Å². The van der Waals surface area contributed by atoms with Crippen molar-refractivity contribution in [1.29, 1.82) is 0 Å². The second kappa shape index (κ2) is 14.5. The molecule has 5 aromatic carbocycles. The molecule has 0 saturated heterocycles. The number of hydrogen-bond acceptors (Lipinski definition) is 5. The normalized spacial score (nSPS) is 13.9. The van der Waals surface area contributed by atoms with Crippen LogP contribution in [0, 0.1) is 6.92 Å². The summed E-state index contributed by atoms with van der Waals surface area (Å²) in [5, 5.41) is 3.30. The summed E-state index contributed by atoms with van der Waals surface area (Å²) in [5.41, 5.74) is 6.29. The number of halogens is 1. The van der Waals surface area contributed by atoms with Crippen molar-refractivity contribution < 1.29 is 19.1 Å². The molecule has 6 rings (SSSR count). The zero-order valence-electron chi connectivity index (χ0n) is 26.3. The SMILES string of the molecule is CSCC[C@H](NC(=O)OCC1c2ccccc2-c2ccccc21)C(=O)OC(c1ccccc1)(c1ccc(C)cc1)c1ccccc1Cl. The summed E-state index contributed by atoms with van der Waals surface area (Å²) in [7, 11) is 0. The molecule has 0 heterocycles. The number of carbonyl (C=O) groups is 2. The Morgan fingerprint density at radius 1 is 0.787 bits per heavy atom. The number of ether oxygens (including phenoxy) is 2. The van der Waals surface area contributed by atoms with E-state index >= 15 is 0 Å². The topological polar surface area (TPSA) is 64.6 Å². The molecule has 0 spiro atoms. The Bertz CT molecular complexity index is 1820. The first-order chi connectivity index (χ1) is 22.9. The minimum atomic E-state index is -1.38. The number of thioether (sulfide) groups is 1. The molecule has 47 heavy (non-hydrogen) atoms. The van der Waals surface area contributed by atoms with Crippen LogP contribution in [0.4, 0.5) is 4.79 Å². The van der Waals surface area contributed by atoms with Gasteiger partial charge in [0.05, 0.1) is 0 Å². The van der Waals surface area contributed by atoms with E-state index in [-0.39, 0.29) is 12.5 Å². The Labute approximate surface area is 285 Å². The molecule has 1 unspecified atom stereocenters. The number of alkyl carbamates (subject to hydrolysis) is 1. The smallest absolute Gasteiger partial charge is 0.407 e. The molecule has 1 aliphatic rings. The maximum atomic E-state index is 14.3. The first kappa shape index (κ1) is 32.4. The van der Waals surface area contributed by atoms with E-state index in [4.69, 9.17) is 21.1 Å². The molecular formula is C40H36ClNO4S. The quantitative estimate of drug-likeness (QED) is 0.113. The lowest BCUT2D eigenvalue weighted by Crippen LogP contribution is -2.47. The van der Waals surface area contributed by atoms with Crippen molar-refractivity contribution in [1.82, 2.24) is 5.32 Å². The van der Waals surface area contributed by atoms with Crippen LogP contribution in [0.25, 0.3) is 11.1 Å². The molecule has 0 saturated carbocycles. The highest BCUT2D eigenvalue weighted by molar-refractivity contribution is 7.98. The molecule has 5 aromatic rings. The molecule has 1 aliphatic carbocycles. The number of benzene rings is 5. The summed E-state index contributed by atoms with van der Waals surface area (Å²) in [6, 6.07) is 40.2. The van der Waals surface area contributed by atoms with E-state index < -0.39 is 23.7 Å². The van der Waals surface area contributed by atoms with Crippen LogP contribution in [0.15, 0.2) is 127 Å². The number of fused-ring (bicyclic) bond motifs is 3. The Morgan fingerprint density at radius 2 is 1.36 bits per heavy atom. The maximum absolute atomic E-state index is 14.3. The van der Waals surface area contributed by atoms with Gasteiger partial charge in [-0.2, -0.15) is 11.8 Å². The zero-order chi connectivity index (χ0) is 32.8. The van der Waals surface area contributed by atoms with Crippen molar-refractivity contribution in [2.24, 2.45) is 0 Å². The largest absolute Gasteiger partial charge is 0.449 e. The summed E-state index contributed by atoms with van der Waals surface area (Å²) in [5.74, 6) is -0.0626. The van der Waals surface area contributed by atoms with Crippen LogP contribution in [0.3, 0.4) is 0 Å². The van der Waals surface area contributed by atoms with Crippen LogP contribution in [-0.4, -0.2) is 36.7 Å². The van der Waals surface area contributed by atoms with Gasteiger partial charge in [-0.25, -0.2) is 9.59 Å². The van der Waals surface area contributed by atoms with E-state index in [0.717, 1.165) is 38.9 Å². The molecule has 1 N–H and O–H groups in total. The lowest BCUT2D eigenvalue weighted by Gasteiger charge is -2.37. The average Bonchev–Trinajstić information content (AvgIpc) is 3.42. The molecule has 1 amide bonds. The summed E-state index contributed by atoms with van der Waals surface area (Å²) >= 11 is 8.44. The molecule has 2 atom stereocenters. The van der Waals surface area contributed by atoms with Gasteiger partial charge in [0.15, 0.2) is 5.60 Å². The minimum Gasteiger partial charge on any atom is -0.449 e. The molecule has 0 bridgehead atoms. The van der Waals surface area contributed by atoms with Gasteiger partial charge in [-0.15, -0.1) is 0 Å². The Kier molecular flexibility index (Phi) is 10.00. The lowest BCUT2D eigenvalue weighted by molar-refractivity contribution is -0.156. The first-order valence-electron chi connectivity index (χ1n) is 15.6. The van der Waals surface area contributed by atoms with Gasteiger partial charge in [0.25, 0.3) is 0 Å². The predicted molar refractivity (Wildman–Crippen MR) is 190 cm³/mol. The third-order valence-corrected chi connectivity index (χ3v) is 9.65. The number of carbonyl (C=O) groups excluding carboxylic acids is 2. The Hall–Kier alpha value is -4.52. The van der Waals surface area contributed by atoms with Crippen molar-refractivity contribution in [2.45, 2.75) is 30.9 Å².